The molecule has 3 rings (SSSR count). The summed E-state index contributed by atoms with van der Waals surface area (Å²) in [5.41, 5.74) is -2.58. The largest absolute Gasteiger partial charge is 0.363 e. The summed E-state index contributed by atoms with van der Waals surface area (Å²) in [4.78, 5) is 37.7. The van der Waals surface area contributed by atoms with Gasteiger partial charge in [-0.3, -0.25) is 24.9 Å². The number of H-pyrrole nitrogens is 2. The highest BCUT2D eigenvalue weighted by molar-refractivity contribution is 7.99. The zero-order chi connectivity index (χ0) is 20.0. The number of aromatic nitrogens is 2. The quantitative estimate of drug-likeness (QED) is 0.314. The highest BCUT2D eigenvalue weighted by Gasteiger charge is 2.49. The van der Waals surface area contributed by atoms with Gasteiger partial charge in [-0.15, -0.1) is 0 Å². The first-order valence-electron chi connectivity index (χ1n) is 8.29. The van der Waals surface area contributed by atoms with E-state index in [9.17, 15) is 19.7 Å². The molecule has 2 fully saturated rings. The van der Waals surface area contributed by atoms with E-state index in [1.54, 1.807) is 27.7 Å². The number of nitrogens with zero attached hydrogens (tertiary/aromatic N) is 1. The topological polar surface area (TPSA) is 146 Å². The molecule has 11 nitrogen and oxygen atoms in total. The summed E-state index contributed by atoms with van der Waals surface area (Å²) >= 11 is 0.946. The Morgan fingerprint density at radius 1 is 1.15 bits per heavy atom. The van der Waals surface area contributed by atoms with Crippen molar-refractivity contribution in [3.8, 4) is 0 Å². The second-order valence-corrected chi connectivity index (χ2v) is 8.19. The molecule has 1 aromatic heterocycles. The number of ether oxygens (including phenoxy) is 4. The van der Waals surface area contributed by atoms with E-state index in [0.717, 1.165) is 11.8 Å². The first kappa shape index (κ1) is 20.0. The van der Waals surface area contributed by atoms with E-state index in [4.69, 9.17) is 18.9 Å². The van der Waals surface area contributed by atoms with Crippen LogP contribution in [0.4, 0.5) is 5.69 Å². The molecule has 0 aliphatic carbocycles. The Morgan fingerprint density at radius 3 is 2.44 bits per heavy atom. The van der Waals surface area contributed by atoms with Crippen molar-refractivity contribution in [3.05, 3.63) is 31.0 Å². The van der Waals surface area contributed by atoms with Gasteiger partial charge in [0.1, 0.15) is 12.2 Å². The fourth-order valence-electron chi connectivity index (χ4n) is 3.08. The summed E-state index contributed by atoms with van der Waals surface area (Å²) in [6, 6.07) is 0. The number of thioether (sulfide) groups is 1. The molecule has 0 saturated carbocycles. The maximum atomic E-state index is 11.7. The smallest absolute Gasteiger partial charge is 0.348 e. The van der Waals surface area contributed by atoms with E-state index < -0.39 is 45.6 Å². The van der Waals surface area contributed by atoms with Crippen LogP contribution < -0.4 is 11.2 Å². The van der Waals surface area contributed by atoms with Crippen molar-refractivity contribution in [2.75, 3.05) is 12.4 Å². The van der Waals surface area contributed by atoms with Crippen LogP contribution in [0.25, 0.3) is 0 Å². The van der Waals surface area contributed by atoms with E-state index in [1.165, 1.54) is 0 Å². The molecule has 150 valence electrons. The van der Waals surface area contributed by atoms with E-state index in [1.807, 2.05) is 4.98 Å². The molecule has 3 heterocycles. The highest BCUT2D eigenvalue weighted by atomic mass is 32.2. The summed E-state index contributed by atoms with van der Waals surface area (Å²) in [5, 5.41) is 11.0. The van der Waals surface area contributed by atoms with Gasteiger partial charge in [0.25, 0.3) is 0 Å². The first-order valence-corrected chi connectivity index (χ1v) is 9.27. The molecule has 0 aromatic carbocycles. The van der Waals surface area contributed by atoms with Crippen LogP contribution in [0.2, 0.25) is 0 Å². The molecule has 2 saturated heterocycles. The zero-order valence-corrected chi connectivity index (χ0v) is 16.1. The minimum atomic E-state index is -1.05. The van der Waals surface area contributed by atoms with E-state index in [-0.39, 0.29) is 16.9 Å². The molecule has 0 radical (unpaired) electrons. The summed E-state index contributed by atoms with van der Waals surface area (Å²) in [6.45, 7) is 7.41. The number of hydrogen-bond acceptors (Lipinski definition) is 9. The van der Waals surface area contributed by atoms with Gasteiger partial charge in [-0.25, -0.2) is 4.79 Å². The lowest BCUT2D eigenvalue weighted by molar-refractivity contribution is -0.389. The first-order chi connectivity index (χ1) is 12.5. The van der Waals surface area contributed by atoms with Crippen LogP contribution >= 0.6 is 11.8 Å². The minimum Gasteiger partial charge on any atom is -0.348 e. The monoisotopic (exact) mass is 403 g/mol. The molecule has 2 N–H and O–H groups in total. The molecular weight excluding hydrogens is 382 g/mol. The van der Waals surface area contributed by atoms with Crippen LogP contribution in [0.1, 0.15) is 27.7 Å². The third kappa shape index (κ3) is 4.41. The second kappa shape index (κ2) is 7.02. The lowest BCUT2D eigenvalue weighted by Gasteiger charge is -2.23. The molecule has 3 atom stereocenters. The molecule has 0 bridgehead atoms. The predicted molar refractivity (Wildman–Crippen MR) is 93.8 cm³/mol. The van der Waals surface area contributed by atoms with Gasteiger partial charge in [0.15, 0.2) is 16.6 Å². The van der Waals surface area contributed by atoms with Crippen molar-refractivity contribution in [1.82, 2.24) is 9.97 Å². The van der Waals surface area contributed by atoms with Crippen LogP contribution in [0.5, 0.6) is 0 Å². The minimum absolute atomic E-state index is 0.135. The van der Waals surface area contributed by atoms with Gasteiger partial charge in [-0.1, -0.05) is 11.8 Å². The normalized spacial score (nSPS) is 29.1. The van der Waals surface area contributed by atoms with Gasteiger partial charge < -0.3 is 18.9 Å². The van der Waals surface area contributed by atoms with Gasteiger partial charge in [0.2, 0.25) is 0 Å². The molecule has 1 aromatic rings. The highest BCUT2D eigenvalue weighted by Crippen LogP contribution is 2.37. The lowest BCUT2D eigenvalue weighted by Crippen LogP contribution is -2.39. The Balaban J connectivity index is 1.79. The standard InChI is InChI=1S/C15H21N3O8S/c1-14(2)23-5-7(24-14)10-8(25-15(3,4)26-10)6-27-12-9(18(21)22)11(19)16-13(20)17-12/h7-8,10H,5-6H2,1-4H3,(H2,16,17,19,20)/t7-,8+,10-/m1/s1. The van der Waals surface area contributed by atoms with Gasteiger partial charge in [-0.2, -0.15) is 0 Å². The van der Waals surface area contributed by atoms with Crippen LogP contribution in [0.15, 0.2) is 14.6 Å². The fourth-order valence-corrected chi connectivity index (χ4v) is 4.14. The summed E-state index contributed by atoms with van der Waals surface area (Å²) in [6.07, 6.45) is -1.34. The average molecular weight is 403 g/mol. The van der Waals surface area contributed by atoms with Crippen LogP contribution in [-0.4, -0.2) is 57.1 Å². The molecule has 2 aliphatic heterocycles. The molecule has 12 heteroatoms. The molecule has 2 aliphatic rings. The van der Waals surface area contributed by atoms with E-state index in [2.05, 4.69) is 4.98 Å². The van der Waals surface area contributed by atoms with Crippen LogP contribution in [-0.2, 0) is 18.9 Å². The fraction of sp³-hybridized carbons (Fsp3) is 0.733. The van der Waals surface area contributed by atoms with Crippen molar-refractivity contribution in [2.45, 2.75) is 62.6 Å². The summed E-state index contributed by atoms with van der Waals surface area (Å²) in [5.74, 6) is -1.41. The number of rotatable bonds is 5. The molecular formula is C15H21N3O8S. The van der Waals surface area contributed by atoms with Crippen molar-refractivity contribution in [3.63, 3.8) is 0 Å². The maximum Gasteiger partial charge on any atom is 0.363 e. The zero-order valence-electron chi connectivity index (χ0n) is 15.3. The Hall–Kier alpha value is -1.73. The predicted octanol–water partition coefficient (Wildman–Crippen LogP) is 0.735. The van der Waals surface area contributed by atoms with Gasteiger partial charge >= 0.3 is 16.9 Å². The number of aromatic amines is 2. The van der Waals surface area contributed by atoms with Crippen molar-refractivity contribution < 1.29 is 23.9 Å². The van der Waals surface area contributed by atoms with Crippen molar-refractivity contribution >= 4 is 17.4 Å². The third-order valence-electron chi connectivity index (χ3n) is 4.08. The number of hydrogen-bond donors (Lipinski definition) is 2. The second-order valence-electron chi connectivity index (χ2n) is 7.16. The Morgan fingerprint density at radius 2 is 1.85 bits per heavy atom. The summed E-state index contributed by atoms with van der Waals surface area (Å²) < 4.78 is 23.3. The molecule has 0 amide bonds. The third-order valence-corrected chi connectivity index (χ3v) is 5.16. The van der Waals surface area contributed by atoms with E-state index >= 15 is 0 Å². The summed E-state index contributed by atoms with van der Waals surface area (Å²) in [7, 11) is 0. The molecule has 0 spiro atoms. The average Bonchev–Trinajstić information content (AvgIpc) is 3.02. The Bertz CT molecular complexity index is 848. The van der Waals surface area contributed by atoms with Crippen LogP contribution in [0.3, 0.4) is 0 Å². The van der Waals surface area contributed by atoms with Gasteiger partial charge in [0, 0.05) is 5.75 Å². The van der Waals surface area contributed by atoms with E-state index in [0.29, 0.717) is 6.61 Å². The molecule has 27 heavy (non-hydrogen) atoms. The van der Waals surface area contributed by atoms with Gasteiger partial charge in [-0.05, 0) is 27.7 Å². The van der Waals surface area contributed by atoms with Crippen molar-refractivity contribution in [2.24, 2.45) is 0 Å². The van der Waals surface area contributed by atoms with Gasteiger partial charge in [0.05, 0.1) is 17.6 Å². The Labute approximate surface area is 157 Å². The van der Waals surface area contributed by atoms with Crippen LogP contribution in [0, 0.1) is 10.1 Å². The number of nitro groups is 1. The molecule has 0 unspecified atom stereocenters. The number of nitrogens with one attached hydrogen (secondary N) is 2. The Kier molecular flexibility index (Phi) is 5.20. The maximum absolute atomic E-state index is 11.7. The SMILES string of the molecule is CC1(C)O[C@H]([C@H]2COC(C)(C)O2)[C@H](CSc2[nH]c(=O)[nH]c(=O)c2[N+](=O)[O-])O1. The van der Waals surface area contributed by atoms with Crippen molar-refractivity contribution in [1.29, 1.82) is 0 Å². The lowest BCUT2D eigenvalue weighted by atomic mass is 10.1.